The summed E-state index contributed by atoms with van der Waals surface area (Å²) in [6, 6.07) is 89.0. The Labute approximate surface area is 400 Å². The van der Waals surface area contributed by atoms with Crippen LogP contribution in [-0.2, 0) is 0 Å². The fraction of sp³-hybridized carbons (Fsp3) is 0. The van der Waals surface area contributed by atoms with E-state index in [1.54, 1.807) is 0 Å². The van der Waals surface area contributed by atoms with Crippen LogP contribution in [-0.4, -0.2) is 19.5 Å². The zero-order valence-corrected chi connectivity index (χ0v) is 37.4. The maximum absolute atomic E-state index is 9.69. The molecule has 0 aliphatic rings. The monoisotopic (exact) mass is 879 g/mol. The van der Waals surface area contributed by atoms with E-state index >= 15 is 0 Å². The van der Waals surface area contributed by atoms with Gasteiger partial charge in [0.25, 0.3) is 0 Å². The topological polar surface area (TPSA) is 67.4 Å². The van der Waals surface area contributed by atoms with Crippen LogP contribution in [0.2, 0.25) is 0 Å². The molecular formula is C64H41N5. The third-order valence-electron chi connectivity index (χ3n) is 12.8. The van der Waals surface area contributed by atoms with E-state index in [0.717, 1.165) is 78.0 Å². The number of hydrogen-bond donors (Lipinski definition) is 0. The molecule has 0 radical (unpaired) electrons. The second-order valence-corrected chi connectivity index (χ2v) is 17.2. The zero-order chi connectivity index (χ0) is 46.1. The lowest BCUT2D eigenvalue weighted by molar-refractivity contribution is 1.07. The molecule has 69 heavy (non-hydrogen) atoms. The van der Waals surface area contributed by atoms with Crippen molar-refractivity contribution >= 4 is 21.8 Å². The Morgan fingerprint density at radius 2 is 0.623 bits per heavy atom. The van der Waals surface area contributed by atoms with Crippen molar-refractivity contribution in [3.05, 3.63) is 254 Å². The van der Waals surface area contributed by atoms with Crippen molar-refractivity contribution in [3.8, 4) is 102 Å². The van der Waals surface area contributed by atoms with Crippen LogP contribution in [0.3, 0.4) is 0 Å². The summed E-state index contributed by atoms with van der Waals surface area (Å²) >= 11 is 0. The Kier molecular flexibility index (Phi) is 10.5. The van der Waals surface area contributed by atoms with E-state index in [9.17, 15) is 5.26 Å². The van der Waals surface area contributed by atoms with Gasteiger partial charge in [0.1, 0.15) is 0 Å². The van der Waals surface area contributed by atoms with Crippen LogP contribution in [0.25, 0.3) is 117 Å². The molecule has 2 aromatic heterocycles. The first kappa shape index (κ1) is 41.0. The molecule has 0 atom stereocenters. The molecular weight excluding hydrogens is 839 g/mol. The first-order valence-electron chi connectivity index (χ1n) is 23.1. The highest BCUT2D eigenvalue weighted by Gasteiger charge is 2.18. The molecule has 0 aliphatic heterocycles. The number of hydrogen-bond acceptors (Lipinski definition) is 4. The van der Waals surface area contributed by atoms with E-state index in [2.05, 4.69) is 193 Å². The predicted octanol–water partition coefficient (Wildman–Crippen LogP) is 16.2. The van der Waals surface area contributed by atoms with Gasteiger partial charge in [-0.05, 0) is 134 Å². The largest absolute Gasteiger partial charge is 0.309 e. The fourth-order valence-corrected chi connectivity index (χ4v) is 9.41. The Bertz CT molecular complexity index is 3820. The summed E-state index contributed by atoms with van der Waals surface area (Å²) < 4.78 is 2.35. The molecule has 2 heterocycles. The molecule has 0 fully saturated rings. The van der Waals surface area contributed by atoms with Crippen molar-refractivity contribution in [2.45, 2.75) is 0 Å². The molecule has 5 heteroatoms. The average Bonchev–Trinajstić information content (AvgIpc) is 3.78. The highest BCUT2D eigenvalue weighted by Crippen LogP contribution is 2.39. The number of fused-ring (bicyclic) bond motifs is 3. The summed E-state index contributed by atoms with van der Waals surface area (Å²) in [5, 5.41) is 12.2. The highest BCUT2D eigenvalue weighted by atomic mass is 15.0. The van der Waals surface area contributed by atoms with E-state index in [1.165, 1.54) is 21.8 Å². The average molecular weight is 880 g/mol. The molecule has 5 nitrogen and oxygen atoms in total. The van der Waals surface area contributed by atoms with Gasteiger partial charge in [-0.15, -0.1) is 0 Å². The lowest BCUT2D eigenvalue weighted by atomic mass is 9.90. The molecule has 12 rings (SSSR count). The van der Waals surface area contributed by atoms with E-state index in [4.69, 9.17) is 15.0 Å². The summed E-state index contributed by atoms with van der Waals surface area (Å²) in [6.07, 6.45) is 0. The van der Waals surface area contributed by atoms with Crippen molar-refractivity contribution in [2.24, 2.45) is 0 Å². The molecule has 0 unspecified atom stereocenters. The number of para-hydroxylation sites is 2. The Balaban J connectivity index is 1.03. The minimum absolute atomic E-state index is 0.576. The van der Waals surface area contributed by atoms with Crippen LogP contribution in [0.5, 0.6) is 0 Å². The van der Waals surface area contributed by atoms with Crippen molar-refractivity contribution in [1.29, 1.82) is 5.26 Å². The van der Waals surface area contributed by atoms with Crippen molar-refractivity contribution < 1.29 is 0 Å². The quantitative estimate of drug-likeness (QED) is 0.145. The lowest BCUT2D eigenvalue weighted by Crippen LogP contribution is -2.01. The van der Waals surface area contributed by atoms with Crippen molar-refractivity contribution in [3.63, 3.8) is 0 Å². The number of nitriles is 1. The van der Waals surface area contributed by atoms with Crippen LogP contribution in [0.4, 0.5) is 0 Å². The van der Waals surface area contributed by atoms with Gasteiger partial charge < -0.3 is 4.57 Å². The van der Waals surface area contributed by atoms with E-state index < -0.39 is 0 Å². The van der Waals surface area contributed by atoms with Crippen LogP contribution < -0.4 is 0 Å². The molecule has 10 aromatic carbocycles. The Morgan fingerprint density at radius 3 is 1.14 bits per heavy atom. The fourth-order valence-electron chi connectivity index (χ4n) is 9.41. The maximum atomic E-state index is 9.69. The van der Waals surface area contributed by atoms with Gasteiger partial charge in [-0.1, -0.05) is 170 Å². The molecule has 12 aromatic rings. The molecule has 0 aliphatic carbocycles. The van der Waals surface area contributed by atoms with Crippen molar-refractivity contribution in [1.82, 2.24) is 19.5 Å². The van der Waals surface area contributed by atoms with E-state index in [1.807, 2.05) is 66.7 Å². The molecule has 0 spiro atoms. The second-order valence-electron chi connectivity index (χ2n) is 17.2. The van der Waals surface area contributed by atoms with Gasteiger partial charge in [0.15, 0.2) is 17.5 Å². The molecule has 0 saturated heterocycles. The summed E-state index contributed by atoms with van der Waals surface area (Å²) in [4.78, 5) is 15.6. The number of aromatic nitrogens is 4. The number of benzene rings is 10. The van der Waals surface area contributed by atoms with Crippen molar-refractivity contribution in [2.75, 3.05) is 0 Å². The minimum atomic E-state index is 0.576. The third-order valence-corrected chi connectivity index (χ3v) is 12.8. The number of nitrogens with zero attached hydrogens (tertiary/aromatic N) is 5. The summed E-state index contributed by atoms with van der Waals surface area (Å²) in [7, 11) is 0. The zero-order valence-electron chi connectivity index (χ0n) is 37.4. The molecule has 0 saturated carbocycles. The first-order chi connectivity index (χ1) is 34.1. The first-order valence-corrected chi connectivity index (χ1v) is 23.1. The predicted molar refractivity (Wildman–Crippen MR) is 282 cm³/mol. The van der Waals surface area contributed by atoms with Gasteiger partial charge in [0.05, 0.1) is 22.7 Å². The van der Waals surface area contributed by atoms with Gasteiger partial charge >= 0.3 is 0 Å². The normalized spacial score (nSPS) is 11.2. The van der Waals surface area contributed by atoms with Gasteiger partial charge in [0, 0.05) is 33.2 Å². The third kappa shape index (κ3) is 8.03. The second kappa shape index (κ2) is 17.7. The minimum Gasteiger partial charge on any atom is -0.309 e. The van der Waals surface area contributed by atoms with Gasteiger partial charge in [-0.2, -0.15) is 5.26 Å². The van der Waals surface area contributed by atoms with Crippen LogP contribution in [0.15, 0.2) is 249 Å². The van der Waals surface area contributed by atoms with Gasteiger partial charge in [-0.3, -0.25) is 0 Å². The van der Waals surface area contributed by atoms with Gasteiger partial charge in [-0.25, -0.2) is 15.0 Å². The molecule has 322 valence electrons. The smallest absolute Gasteiger partial charge is 0.164 e. The lowest BCUT2D eigenvalue weighted by Gasteiger charge is -2.15. The van der Waals surface area contributed by atoms with Crippen LogP contribution in [0.1, 0.15) is 5.56 Å². The van der Waals surface area contributed by atoms with Crippen LogP contribution >= 0.6 is 0 Å². The van der Waals surface area contributed by atoms with E-state index in [0.29, 0.717) is 23.0 Å². The SMILES string of the molecule is N#Cc1ccc(-c2cc(-c3ccc(-n4c5ccccc5c5ccccc54)cc3)cc(-c3cc(-c4ccccc4)cc(-c4nc(-c5ccccc5)nc(-c5cccc(-c6ccccc6)c5)n4)c3)c2)cc1. The van der Waals surface area contributed by atoms with Crippen LogP contribution in [0, 0.1) is 11.3 Å². The maximum Gasteiger partial charge on any atom is 0.164 e. The Morgan fingerprint density at radius 1 is 0.275 bits per heavy atom. The summed E-state index contributed by atoms with van der Waals surface area (Å²) in [5.74, 6) is 1.77. The highest BCUT2D eigenvalue weighted by molar-refractivity contribution is 6.09. The molecule has 0 N–H and O–H groups in total. The summed E-state index contributed by atoms with van der Waals surface area (Å²) in [5.41, 5.74) is 17.3. The Hall–Kier alpha value is -9.50. The van der Waals surface area contributed by atoms with E-state index in [-0.39, 0.29) is 0 Å². The molecule has 0 bridgehead atoms. The number of rotatable bonds is 9. The molecule has 0 amide bonds. The summed E-state index contributed by atoms with van der Waals surface area (Å²) in [6.45, 7) is 0. The standard InChI is InChI=1S/C64H41N5/c65-42-43-27-29-46(30-28-43)51-36-52(47-31-33-57(34-32-47)69-60-25-12-10-23-58(60)59-24-11-13-26-61(59)69)38-54(37-51)55-39-53(45-17-6-2-7-18-45)40-56(41-55)64-67-62(48-19-8-3-9-20-48)66-63(68-64)50-22-14-21-49(35-50)44-15-4-1-5-16-44/h1-41H. The van der Waals surface area contributed by atoms with Gasteiger partial charge in [0.2, 0.25) is 0 Å².